The van der Waals surface area contributed by atoms with Crippen molar-refractivity contribution in [2.75, 3.05) is 26.4 Å². The van der Waals surface area contributed by atoms with E-state index in [4.69, 9.17) is 9.47 Å². The van der Waals surface area contributed by atoms with Crippen LogP contribution in [0.1, 0.15) is 38.7 Å². The van der Waals surface area contributed by atoms with Crippen LogP contribution in [0.4, 0.5) is 0 Å². The number of carbonyl (C=O) groups excluding carboxylic acids is 2. The van der Waals surface area contributed by atoms with Gasteiger partial charge in [0, 0.05) is 13.2 Å². The van der Waals surface area contributed by atoms with Gasteiger partial charge < -0.3 is 19.5 Å². The molecule has 1 aliphatic heterocycles. The summed E-state index contributed by atoms with van der Waals surface area (Å²) >= 11 is 0. The lowest BCUT2D eigenvalue weighted by Gasteiger charge is -2.33. The van der Waals surface area contributed by atoms with Crippen LogP contribution >= 0.6 is 0 Å². The molecule has 2 N–H and O–H groups in total. The summed E-state index contributed by atoms with van der Waals surface area (Å²) < 4.78 is 10.6. The first kappa shape index (κ1) is 23.8. The van der Waals surface area contributed by atoms with Crippen LogP contribution in [0.2, 0.25) is 0 Å². The second-order valence-electron chi connectivity index (χ2n) is 7.36. The lowest BCUT2D eigenvalue weighted by atomic mass is 10.0. The average molecular weight is 421 g/mol. The minimum Gasteiger partial charge on any atom is -0.480 e. The van der Waals surface area contributed by atoms with Crippen molar-refractivity contribution in [3.63, 3.8) is 0 Å². The van der Waals surface area contributed by atoms with Crippen molar-refractivity contribution in [2.24, 2.45) is 0 Å². The molecule has 166 valence electrons. The van der Waals surface area contributed by atoms with E-state index in [1.165, 1.54) is 4.90 Å². The number of nitrogens with one attached hydrogen (secondary N) is 1. The van der Waals surface area contributed by atoms with Crippen LogP contribution in [0, 0.1) is 0 Å². The number of ether oxygens (including phenoxy) is 2. The Kier molecular flexibility index (Phi) is 9.76. The summed E-state index contributed by atoms with van der Waals surface area (Å²) in [4.78, 5) is 38.6. The predicted molar refractivity (Wildman–Crippen MR) is 111 cm³/mol. The van der Waals surface area contributed by atoms with Gasteiger partial charge in [-0.25, -0.2) is 4.79 Å². The highest BCUT2D eigenvalue weighted by Crippen LogP contribution is 2.14. The summed E-state index contributed by atoms with van der Waals surface area (Å²) in [5, 5.41) is 12.6. The third-order valence-corrected chi connectivity index (χ3v) is 5.14. The third kappa shape index (κ3) is 7.11. The molecular formula is C22H32N2O6. The zero-order valence-corrected chi connectivity index (χ0v) is 17.7. The largest absolute Gasteiger partial charge is 0.480 e. The van der Waals surface area contributed by atoms with Gasteiger partial charge in [0.2, 0.25) is 5.91 Å². The van der Waals surface area contributed by atoms with E-state index < -0.39 is 30.1 Å². The Morgan fingerprint density at radius 3 is 2.67 bits per heavy atom. The monoisotopic (exact) mass is 420 g/mol. The minimum atomic E-state index is -1.02. The minimum absolute atomic E-state index is 0.204. The molecule has 1 aromatic carbocycles. The van der Waals surface area contributed by atoms with Crippen LogP contribution in [0.15, 0.2) is 30.3 Å². The van der Waals surface area contributed by atoms with Crippen molar-refractivity contribution in [1.29, 1.82) is 0 Å². The number of esters is 1. The van der Waals surface area contributed by atoms with E-state index in [9.17, 15) is 19.5 Å². The van der Waals surface area contributed by atoms with Crippen molar-refractivity contribution in [3.8, 4) is 0 Å². The number of benzene rings is 1. The maximum atomic E-state index is 13.1. The number of hydrogen-bond donors (Lipinski definition) is 2. The Labute approximate surface area is 177 Å². The maximum absolute atomic E-state index is 13.1. The van der Waals surface area contributed by atoms with E-state index in [-0.39, 0.29) is 25.7 Å². The van der Waals surface area contributed by atoms with Crippen LogP contribution in [-0.4, -0.2) is 72.3 Å². The van der Waals surface area contributed by atoms with Crippen LogP contribution in [0.25, 0.3) is 0 Å². The second kappa shape index (κ2) is 12.3. The summed E-state index contributed by atoms with van der Waals surface area (Å²) in [7, 11) is 0. The Hall–Kier alpha value is -2.45. The summed E-state index contributed by atoms with van der Waals surface area (Å²) in [6.07, 6.45) is 2.02. The normalized spacial score (nSPS) is 19.3. The number of carboxylic acids is 1. The van der Waals surface area contributed by atoms with Gasteiger partial charge in [-0.3, -0.25) is 14.9 Å². The van der Waals surface area contributed by atoms with E-state index in [0.29, 0.717) is 32.3 Å². The number of nitrogens with zero attached hydrogens (tertiary/aromatic N) is 1. The highest BCUT2D eigenvalue weighted by molar-refractivity contribution is 5.87. The van der Waals surface area contributed by atoms with Gasteiger partial charge >= 0.3 is 11.9 Å². The molecule has 30 heavy (non-hydrogen) atoms. The number of aryl methyl sites for hydroxylation is 1. The van der Waals surface area contributed by atoms with Crippen LogP contribution < -0.4 is 5.32 Å². The molecule has 0 aliphatic carbocycles. The summed E-state index contributed by atoms with van der Waals surface area (Å²) in [5.41, 5.74) is 1.08. The topological polar surface area (TPSA) is 105 Å². The lowest BCUT2D eigenvalue weighted by Crippen LogP contribution is -2.56. The van der Waals surface area contributed by atoms with E-state index in [2.05, 4.69) is 5.32 Å². The highest BCUT2D eigenvalue weighted by atomic mass is 16.5. The molecule has 1 amide bonds. The molecule has 0 radical (unpaired) electrons. The molecule has 1 fully saturated rings. The van der Waals surface area contributed by atoms with Gasteiger partial charge in [-0.05, 0) is 45.1 Å². The van der Waals surface area contributed by atoms with Gasteiger partial charge in [0.1, 0.15) is 12.1 Å². The van der Waals surface area contributed by atoms with E-state index in [0.717, 1.165) is 5.56 Å². The number of amides is 1. The highest BCUT2D eigenvalue weighted by Gasteiger charge is 2.34. The number of hydrogen-bond acceptors (Lipinski definition) is 6. The fourth-order valence-electron chi connectivity index (χ4n) is 3.57. The molecular weight excluding hydrogens is 388 g/mol. The van der Waals surface area contributed by atoms with Crippen LogP contribution in [0.3, 0.4) is 0 Å². The molecule has 1 unspecified atom stereocenters. The quantitative estimate of drug-likeness (QED) is 0.585. The van der Waals surface area contributed by atoms with E-state index in [1.807, 2.05) is 30.3 Å². The smallest absolute Gasteiger partial charge is 0.326 e. The fraction of sp³-hybridized carbons (Fsp3) is 0.591. The maximum Gasteiger partial charge on any atom is 0.326 e. The van der Waals surface area contributed by atoms with Gasteiger partial charge in [0.25, 0.3) is 0 Å². The van der Waals surface area contributed by atoms with Crippen molar-refractivity contribution < 1.29 is 29.0 Å². The molecule has 8 nitrogen and oxygen atoms in total. The number of carbonyl (C=O) groups is 3. The Morgan fingerprint density at radius 2 is 2.00 bits per heavy atom. The molecule has 0 spiro atoms. The van der Waals surface area contributed by atoms with Crippen molar-refractivity contribution in [1.82, 2.24) is 10.2 Å². The second-order valence-corrected chi connectivity index (χ2v) is 7.36. The predicted octanol–water partition coefficient (Wildman–Crippen LogP) is 1.62. The van der Waals surface area contributed by atoms with Crippen LogP contribution in [0.5, 0.6) is 0 Å². The molecule has 1 saturated heterocycles. The molecule has 0 saturated carbocycles. The summed E-state index contributed by atoms with van der Waals surface area (Å²) in [6, 6.07) is 7.46. The first-order valence-electron chi connectivity index (χ1n) is 10.5. The lowest BCUT2D eigenvalue weighted by molar-refractivity contribution is -0.154. The zero-order chi connectivity index (χ0) is 21.9. The van der Waals surface area contributed by atoms with Gasteiger partial charge in [0.15, 0.2) is 0 Å². The Morgan fingerprint density at radius 1 is 1.27 bits per heavy atom. The molecule has 0 aromatic heterocycles. The standard InChI is InChI=1S/C22H32N2O6/c1-3-30-22(28)18(12-11-17-8-5-4-6-9-17)23-16(2)20(25)24-13-15-29-14-7-10-19(24)21(26)27/h4-6,8-9,16,18-19,23H,3,7,10-15H2,1-2H3,(H,26,27)/t16-,18?,19-/m0/s1. The molecule has 1 heterocycles. The van der Waals surface area contributed by atoms with Gasteiger partial charge in [-0.15, -0.1) is 0 Å². The summed E-state index contributed by atoms with van der Waals surface area (Å²) in [6.45, 7) is 4.61. The first-order chi connectivity index (χ1) is 14.4. The van der Waals surface area contributed by atoms with E-state index in [1.54, 1.807) is 13.8 Å². The molecule has 1 aromatic rings. The third-order valence-electron chi connectivity index (χ3n) is 5.14. The van der Waals surface area contributed by atoms with Crippen molar-refractivity contribution in [3.05, 3.63) is 35.9 Å². The SMILES string of the molecule is CCOC(=O)C(CCc1ccccc1)N[C@@H](C)C(=O)N1CCOCCC[C@H]1C(=O)O. The fourth-order valence-corrected chi connectivity index (χ4v) is 3.57. The average Bonchev–Trinajstić information content (AvgIpc) is 2.71. The van der Waals surface area contributed by atoms with Gasteiger partial charge in [0.05, 0.1) is 19.3 Å². The number of aliphatic carboxylic acids is 1. The van der Waals surface area contributed by atoms with Gasteiger partial charge in [-0.1, -0.05) is 30.3 Å². The summed E-state index contributed by atoms with van der Waals surface area (Å²) in [5.74, 6) is -1.80. The van der Waals surface area contributed by atoms with Crippen molar-refractivity contribution >= 4 is 17.8 Å². The van der Waals surface area contributed by atoms with Crippen molar-refractivity contribution in [2.45, 2.75) is 57.7 Å². The molecule has 3 atom stereocenters. The Bertz CT molecular complexity index is 696. The van der Waals surface area contributed by atoms with E-state index >= 15 is 0 Å². The first-order valence-corrected chi connectivity index (χ1v) is 10.5. The zero-order valence-electron chi connectivity index (χ0n) is 17.7. The number of carboxylic acid groups (broad SMARTS) is 1. The molecule has 8 heteroatoms. The number of rotatable bonds is 9. The molecule has 2 rings (SSSR count). The Balaban J connectivity index is 2.07. The van der Waals surface area contributed by atoms with Gasteiger partial charge in [-0.2, -0.15) is 0 Å². The van der Waals surface area contributed by atoms with Crippen LogP contribution in [-0.2, 0) is 30.3 Å². The molecule has 0 bridgehead atoms. The molecule has 1 aliphatic rings.